The zero-order valence-electron chi connectivity index (χ0n) is 30.5. The number of nitrogens with one attached hydrogen (secondary N) is 1. The Morgan fingerprint density at radius 3 is 1.09 bits per heavy atom. The molecule has 0 saturated carbocycles. The summed E-state index contributed by atoms with van der Waals surface area (Å²) in [5.74, 6) is 6.42. The fraction of sp³-hybridized carbons (Fsp3) is 0.0400. The van der Waals surface area contributed by atoms with E-state index < -0.39 is 0 Å². The molecule has 0 unspecified atom stereocenters. The van der Waals surface area contributed by atoms with E-state index in [1.54, 1.807) is 0 Å². The second kappa shape index (κ2) is 14.6. The van der Waals surface area contributed by atoms with E-state index in [1.807, 2.05) is 24.3 Å². The van der Waals surface area contributed by atoms with Crippen molar-refractivity contribution in [2.24, 2.45) is 5.84 Å². The molecule has 8 aromatic carbocycles. The van der Waals surface area contributed by atoms with Crippen LogP contribution in [-0.4, -0.2) is 0 Å². The Labute approximate surface area is 317 Å². The lowest BCUT2D eigenvalue weighted by atomic mass is 9.81. The summed E-state index contributed by atoms with van der Waals surface area (Å²) in [4.78, 5) is 0. The average molecular weight is 699 g/mol. The number of nitrogens with two attached hydrogens (primary N) is 3. The highest BCUT2D eigenvalue weighted by molar-refractivity contribution is 6.10. The Bertz CT molecular complexity index is 2610. The molecule has 0 atom stereocenters. The van der Waals surface area contributed by atoms with Crippen molar-refractivity contribution in [1.82, 2.24) is 0 Å². The molecular weight excluding hydrogens is 657 g/mol. The molecule has 4 nitrogen and oxygen atoms in total. The van der Waals surface area contributed by atoms with E-state index in [0.29, 0.717) is 11.4 Å². The molecule has 8 rings (SSSR count). The maximum absolute atomic E-state index is 7.51. The quantitative estimate of drug-likeness (QED) is 0.0722. The first-order valence-corrected chi connectivity index (χ1v) is 18.2. The topological polar surface area (TPSA) is 90.1 Å². The van der Waals surface area contributed by atoms with Gasteiger partial charge >= 0.3 is 0 Å². The van der Waals surface area contributed by atoms with Gasteiger partial charge in [-0.2, -0.15) is 0 Å². The van der Waals surface area contributed by atoms with Gasteiger partial charge in [-0.05, 0) is 64.4 Å². The number of nitrogen functional groups attached to an aromatic ring is 3. The maximum atomic E-state index is 7.51. The summed E-state index contributed by atoms with van der Waals surface area (Å²) >= 11 is 0. The van der Waals surface area contributed by atoms with Gasteiger partial charge in [0, 0.05) is 44.8 Å². The van der Waals surface area contributed by atoms with Crippen molar-refractivity contribution < 1.29 is 0 Å². The van der Waals surface area contributed by atoms with Crippen LogP contribution in [0.2, 0.25) is 0 Å². The van der Waals surface area contributed by atoms with E-state index in [-0.39, 0.29) is 0 Å². The van der Waals surface area contributed by atoms with Crippen LogP contribution in [0.1, 0.15) is 11.1 Å². The fourth-order valence-electron chi connectivity index (χ4n) is 7.76. The molecule has 4 heteroatoms. The third-order valence-electron chi connectivity index (χ3n) is 10.3. The number of rotatable bonds is 8. The van der Waals surface area contributed by atoms with Crippen molar-refractivity contribution in [3.63, 3.8) is 0 Å². The number of hydrogen-bond donors (Lipinski definition) is 4. The molecule has 0 aromatic heterocycles. The second-order valence-corrected chi connectivity index (χ2v) is 13.8. The highest BCUT2D eigenvalue weighted by Crippen LogP contribution is 2.52. The van der Waals surface area contributed by atoms with E-state index in [0.717, 1.165) is 94.7 Å². The van der Waals surface area contributed by atoms with Crippen molar-refractivity contribution in [2.75, 3.05) is 16.9 Å². The smallest absolute Gasteiger partial charge is 0.0570 e. The Morgan fingerprint density at radius 2 is 0.685 bits per heavy atom. The minimum atomic E-state index is 0.656. The van der Waals surface area contributed by atoms with E-state index in [9.17, 15) is 0 Å². The second-order valence-electron chi connectivity index (χ2n) is 13.8. The molecule has 0 saturated heterocycles. The third-order valence-corrected chi connectivity index (χ3v) is 10.3. The summed E-state index contributed by atoms with van der Waals surface area (Å²) in [6.45, 7) is 4.22. The van der Waals surface area contributed by atoms with Gasteiger partial charge in [-0.1, -0.05) is 181 Å². The fourth-order valence-corrected chi connectivity index (χ4v) is 7.76. The molecule has 54 heavy (non-hydrogen) atoms. The Balaban J connectivity index is 1.49. The Morgan fingerprint density at radius 1 is 0.333 bits per heavy atom. The predicted octanol–water partition coefficient (Wildman–Crippen LogP) is 12.4. The van der Waals surface area contributed by atoms with Crippen LogP contribution in [0.15, 0.2) is 176 Å². The summed E-state index contributed by atoms with van der Waals surface area (Å²) in [7, 11) is 0. The van der Waals surface area contributed by atoms with Gasteiger partial charge < -0.3 is 16.9 Å². The summed E-state index contributed by atoms with van der Waals surface area (Å²) in [6.07, 6.45) is 0. The predicted molar refractivity (Wildman–Crippen MR) is 231 cm³/mol. The van der Waals surface area contributed by atoms with Gasteiger partial charge in [0.05, 0.1) is 5.69 Å². The maximum Gasteiger partial charge on any atom is 0.0570 e. The first-order chi connectivity index (χ1) is 26.4. The first kappa shape index (κ1) is 34.2. The van der Waals surface area contributed by atoms with E-state index in [2.05, 4.69) is 171 Å². The molecule has 0 radical (unpaired) electrons. The molecule has 8 aromatic rings. The standard InChI is InChI=1S/C50H42N4/c1-32-14-12-22-37(30-32)45-39(34-16-6-3-7-17-34)24-26-42(49(45)51)47-41(36-20-10-5-11-21-36)28-29-44(54-53)48(47)43-27-25-40(35-18-8-4-9-19-35)46(50(43)52)38-23-13-15-33(2)31-38/h3-31,54H,51-53H2,1-2H3. The van der Waals surface area contributed by atoms with Gasteiger partial charge in [0.15, 0.2) is 0 Å². The first-order valence-electron chi connectivity index (χ1n) is 18.2. The van der Waals surface area contributed by atoms with Crippen LogP contribution in [0.5, 0.6) is 0 Å². The van der Waals surface area contributed by atoms with Crippen LogP contribution in [0.3, 0.4) is 0 Å². The van der Waals surface area contributed by atoms with Crippen LogP contribution in [0.25, 0.3) is 77.9 Å². The van der Waals surface area contributed by atoms with Gasteiger partial charge in [0.2, 0.25) is 0 Å². The Kier molecular flexibility index (Phi) is 9.27. The zero-order valence-corrected chi connectivity index (χ0v) is 30.5. The lowest BCUT2D eigenvalue weighted by Gasteiger charge is -2.25. The molecule has 7 N–H and O–H groups in total. The summed E-state index contributed by atoms with van der Waals surface area (Å²) in [5, 5.41) is 0. The number of aryl methyl sites for hydroxylation is 2. The van der Waals surface area contributed by atoms with Crippen LogP contribution in [0.4, 0.5) is 17.1 Å². The van der Waals surface area contributed by atoms with Crippen molar-refractivity contribution in [3.8, 4) is 77.9 Å². The minimum Gasteiger partial charge on any atom is -0.398 e. The average Bonchev–Trinajstić information content (AvgIpc) is 3.21. The number of hydrogen-bond acceptors (Lipinski definition) is 4. The van der Waals surface area contributed by atoms with E-state index in [1.165, 1.54) is 0 Å². The molecule has 0 aliphatic carbocycles. The molecular formula is C50H42N4. The van der Waals surface area contributed by atoms with Crippen LogP contribution >= 0.6 is 0 Å². The molecule has 0 fully saturated rings. The SMILES string of the molecule is Cc1cccc(-c2c(-c3ccccc3)ccc(-c3c(NN)ccc(-c4ccccc4)c3-c3ccc(-c4ccccc4)c(-c4cccc(C)c4)c3N)c2N)c1. The van der Waals surface area contributed by atoms with Gasteiger partial charge in [-0.15, -0.1) is 0 Å². The molecule has 0 heterocycles. The van der Waals surface area contributed by atoms with Gasteiger partial charge in [0.1, 0.15) is 0 Å². The summed E-state index contributed by atoms with van der Waals surface area (Å²) in [5.41, 5.74) is 36.4. The van der Waals surface area contributed by atoms with E-state index in [4.69, 9.17) is 17.3 Å². The van der Waals surface area contributed by atoms with Crippen molar-refractivity contribution in [2.45, 2.75) is 13.8 Å². The third kappa shape index (κ3) is 6.29. The summed E-state index contributed by atoms with van der Waals surface area (Å²) < 4.78 is 0. The van der Waals surface area contributed by atoms with Crippen molar-refractivity contribution in [1.29, 1.82) is 0 Å². The van der Waals surface area contributed by atoms with Crippen molar-refractivity contribution in [3.05, 3.63) is 187 Å². The van der Waals surface area contributed by atoms with Gasteiger partial charge in [0.25, 0.3) is 0 Å². The molecule has 0 spiro atoms. The lowest BCUT2D eigenvalue weighted by molar-refractivity contribution is 1.35. The highest BCUT2D eigenvalue weighted by Gasteiger charge is 2.26. The van der Waals surface area contributed by atoms with Gasteiger partial charge in [-0.3, -0.25) is 5.84 Å². The minimum absolute atomic E-state index is 0.656. The highest BCUT2D eigenvalue weighted by atomic mass is 15.2. The van der Waals surface area contributed by atoms with Crippen LogP contribution in [0, 0.1) is 13.8 Å². The normalized spacial score (nSPS) is 11.0. The largest absolute Gasteiger partial charge is 0.398 e. The number of hydrazine groups is 1. The van der Waals surface area contributed by atoms with Crippen molar-refractivity contribution >= 4 is 17.1 Å². The number of anilines is 3. The van der Waals surface area contributed by atoms with Gasteiger partial charge in [-0.25, -0.2) is 0 Å². The Hall–Kier alpha value is -6.88. The monoisotopic (exact) mass is 698 g/mol. The molecule has 0 bridgehead atoms. The van der Waals surface area contributed by atoms with Crippen LogP contribution in [-0.2, 0) is 0 Å². The molecule has 0 aliphatic rings. The lowest BCUT2D eigenvalue weighted by Crippen LogP contribution is -2.10. The number of benzene rings is 8. The van der Waals surface area contributed by atoms with E-state index >= 15 is 0 Å². The molecule has 0 amide bonds. The van der Waals surface area contributed by atoms with Crippen LogP contribution < -0.4 is 22.7 Å². The zero-order chi connectivity index (χ0) is 37.2. The molecule has 262 valence electrons. The molecule has 0 aliphatic heterocycles. The summed E-state index contributed by atoms with van der Waals surface area (Å²) in [6, 6.07) is 61.1.